The molecule has 1 N–H and O–H groups in total. The highest BCUT2D eigenvalue weighted by atomic mass is 35.5. The largest absolute Gasteiger partial charge is 0.339 e. The van der Waals surface area contributed by atoms with E-state index in [4.69, 9.17) is 4.52 Å². The molecule has 0 aliphatic carbocycles. The minimum Gasteiger partial charge on any atom is -0.339 e. The highest BCUT2D eigenvalue weighted by Gasteiger charge is 2.10. The zero-order chi connectivity index (χ0) is 16.1. The summed E-state index contributed by atoms with van der Waals surface area (Å²) in [6.07, 6.45) is 6.24. The normalized spacial score (nSPS) is 11.9. The predicted molar refractivity (Wildman–Crippen MR) is 94.7 cm³/mol. The van der Waals surface area contributed by atoms with Crippen molar-refractivity contribution in [2.24, 2.45) is 0 Å². The first kappa shape index (κ1) is 18.2. The van der Waals surface area contributed by atoms with Crippen LogP contribution in [0.2, 0.25) is 0 Å². The van der Waals surface area contributed by atoms with Crippen molar-refractivity contribution in [1.82, 2.24) is 25.2 Å². The van der Waals surface area contributed by atoms with Crippen LogP contribution in [0.15, 0.2) is 47.2 Å². The van der Waals surface area contributed by atoms with Gasteiger partial charge in [0.05, 0.1) is 11.9 Å². The molecular weight excluding hydrogens is 326 g/mol. The van der Waals surface area contributed by atoms with Crippen LogP contribution in [0.1, 0.15) is 24.2 Å². The molecule has 7 heteroatoms. The molecule has 0 saturated heterocycles. The smallest absolute Gasteiger partial charge is 0.226 e. The van der Waals surface area contributed by atoms with Gasteiger partial charge in [-0.15, -0.1) is 12.4 Å². The third kappa shape index (κ3) is 4.66. The van der Waals surface area contributed by atoms with Gasteiger partial charge in [-0.25, -0.2) is 4.68 Å². The lowest BCUT2D eigenvalue weighted by atomic mass is 10.2. The quantitative estimate of drug-likeness (QED) is 0.711. The Hall–Kier alpha value is -2.18. The van der Waals surface area contributed by atoms with E-state index in [9.17, 15) is 0 Å². The van der Waals surface area contributed by atoms with Crippen LogP contribution >= 0.6 is 12.4 Å². The van der Waals surface area contributed by atoms with Gasteiger partial charge in [0.25, 0.3) is 0 Å². The minimum absolute atomic E-state index is 0. The van der Waals surface area contributed by atoms with Gasteiger partial charge in [-0.3, -0.25) is 0 Å². The fraction of sp³-hybridized carbons (Fsp3) is 0.353. The maximum absolute atomic E-state index is 5.31. The molecule has 0 saturated carbocycles. The van der Waals surface area contributed by atoms with Gasteiger partial charge in [0, 0.05) is 25.1 Å². The first-order valence-electron chi connectivity index (χ1n) is 7.82. The molecule has 0 amide bonds. The molecule has 0 aliphatic heterocycles. The summed E-state index contributed by atoms with van der Waals surface area (Å²) in [5.74, 6) is 1.43. The van der Waals surface area contributed by atoms with E-state index < -0.39 is 0 Å². The lowest BCUT2D eigenvalue weighted by Crippen LogP contribution is -2.24. The Labute approximate surface area is 147 Å². The van der Waals surface area contributed by atoms with E-state index in [0.717, 1.165) is 36.3 Å². The van der Waals surface area contributed by atoms with E-state index in [1.165, 1.54) is 0 Å². The molecule has 1 aromatic carbocycles. The van der Waals surface area contributed by atoms with E-state index in [-0.39, 0.29) is 12.4 Å². The standard InChI is InChI=1S/C17H21N5O.ClH/c1-13(18-2)10-16-20-17(23-21-16)9-8-14-11-19-22(12-14)15-6-4-3-5-7-15;/h3-7,11-13,18H,8-10H2,1-2H3;1H. The number of hydrogen-bond acceptors (Lipinski definition) is 5. The van der Waals surface area contributed by atoms with Crippen molar-refractivity contribution in [2.45, 2.75) is 32.2 Å². The van der Waals surface area contributed by atoms with Crippen molar-refractivity contribution in [3.8, 4) is 5.69 Å². The summed E-state index contributed by atoms with van der Waals surface area (Å²) in [6, 6.07) is 10.4. The summed E-state index contributed by atoms with van der Waals surface area (Å²) in [6.45, 7) is 2.09. The van der Waals surface area contributed by atoms with Crippen molar-refractivity contribution in [1.29, 1.82) is 0 Å². The second kappa shape index (κ2) is 8.61. The molecule has 0 radical (unpaired) electrons. The predicted octanol–water partition coefficient (Wildman–Crippen LogP) is 2.61. The highest BCUT2D eigenvalue weighted by molar-refractivity contribution is 5.85. The Kier molecular flexibility index (Phi) is 6.52. The van der Waals surface area contributed by atoms with Gasteiger partial charge in [-0.2, -0.15) is 10.1 Å². The molecule has 1 unspecified atom stereocenters. The van der Waals surface area contributed by atoms with Gasteiger partial charge in [-0.1, -0.05) is 23.4 Å². The second-order valence-electron chi connectivity index (χ2n) is 5.63. The second-order valence-corrected chi connectivity index (χ2v) is 5.63. The zero-order valence-electron chi connectivity index (χ0n) is 13.8. The molecule has 6 nitrogen and oxygen atoms in total. The SMILES string of the molecule is CNC(C)Cc1noc(CCc2cnn(-c3ccccc3)c2)n1.Cl. The van der Waals surface area contributed by atoms with Gasteiger partial charge >= 0.3 is 0 Å². The van der Waals surface area contributed by atoms with Crippen LogP contribution in [-0.2, 0) is 19.3 Å². The number of para-hydroxylation sites is 1. The average Bonchev–Trinajstić information content (AvgIpc) is 3.23. The molecule has 2 heterocycles. The van der Waals surface area contributed by atoms with Crippen LogP contribution in [0.5, 0.6) is 0 Å². The molecule has 0 aliphatic rings. The Bertz CT molecular complexity index is 740. The average molecular weight is 348 g/mol. The Balaban J connectivity index is 0.00000208. The fourth-order valence-corrected chi connectivity index (χ4v) is 2.31. The molecule has 0 spiro atoms. The first-order valence-corrected chi connectivity index (χ1v) is 7.82. The van der Waals surface area contributed by atoms with Gasteiger partial charge < -0.3 is 9.84 Å². The number of nitrogens with one attached hydrogen (secondary N) is 1. The molecule has 24 heavy (non-hydrogen) atoms. The molecule has 3 rings (SSSR count). The molecular formula is C17H22ClN5O. The van der Waals surface area contributed by atoms with Gasteiger partial charge in [0.15, 0.2) is 5.82 Å². The maximum Gasteiger partial charge on any atom is 0.226 e. The number of likely N-dealkylation sites (N-methyl/N-ethyl adjacent to an activating group) is 1. The van der Waals surface area contributed by atoms with Crippen LogP contribution in [0.3, 0.4) is 0 Å². The number of rotatable bonds is 7. The van der Waals surface area contributed by atoms with Crippen molar-refractivity contribution >= 4 is 12.4 Å². The number of halogens is 1. The lowest BCUT2D eigenvalue weighted by Gasteiger charge is -2.04. The first-order chi connectivity index (χ1) is 11.2. The van der Waals surface area contributed by atoms with Crippen LogP contribution in [-0.4, -0.2) is 33.0 Å². The lowest BCUT2D eigenvalue weighted by molar-refractivity contribution is 0.371. The van der Waals surface area contributed by atoms with Gasteiger partial charge in [-0.05, 0) is 38.1 Å². The molecule has 128 valence electrons. The topological polar surface area (TPSA) is 68.8 Å². The maximum atomic E-state index is 5.31. The van der Waals surface area contributed by atoms with E-state index >= 15 is 0 Å². The van der Waals surface area contributed by atoms with Crippen molar-refractivity contribution in [3.05, 3.63) is 60.0 Å². The summed E-state index contributed by atoms with van der Waals surface area (Å²) in [4.78, 5) is 4.43. The van der Waals surface area contributed by atoms with Gasteiger partial charge in [0.2, 0.25) is 5.89 Å². The minimum atomic E-state index is 0. The van der Waals surface area contributed by atoms with Crippen molar-refractivity contribution < 1.29 is 4.52 Å². The van der Waals surface area contributed by atoms with Crippen molar-refractivity contribution in [3.63, 3.8) is 0 Å². The van der Waals surface area contributed by atoms with Gasteiger partial charge in [0.1, 0.15) is 0 Å². The van der Waals surface area contributed by atoms with Crippen LogP contribution in [0.4, 0.5) is 0 Å². The summed E-state index contributed by atoms with van der Waals surface area (Å²) >= 11 is 0. The summed E-state index contributed by atoms with van der Waals surface area (Å²) < 4.78 is 7.19. The van der Waals surface area contributed by atoms with E-state index in [2.05, 4.69) is 27.5 Å². The summed E-state index contributed by atoms with van der Waals surface area (Å²) in [5, 5.41) is 11.6. The molecule has 3 aromatic rings. The van der Waals surface area contributed by atoms with Crippen LogP contribution in [0.25, 0.3) is 5.69 Å². The van der Waals surface area contributed by atoms with E-state index in [1.807, 2.05) is 54.5 Å². The molecule has 0 fully saturated rings. The molecule has 0 bridgehead atoms. The number of nitrogens with zero attached hydrogens (tertiary/aromatic N) is 4. The Morgan fingerprint density at radius 2 is 2.00 bits per heavy atom. The van der Waals surface area contributed by atoms with Crippen molar-refractivity contribution in [2.75, 3.05) is 7.05 Å². The summed E-state index contributed by atoms with van der Waals surface area (Å²) in [7, 11) is 1.93. The van der Waals surface area contributed by atoms with Crippen LogP contribution in [0, 0.1) is 0 Å². The third-order valence-electron chi connectivity index (χ3n) is 3.78. The monoisotopic (exact) mass is 347 g/mol. The zero-order valence-corrected chi connectivity index (χ0v) is 14.7. The van der Waals surface area contributed by atoms with E-state index in [0.29, 0.717) is 11.9 Å². The van der Waals surface area contributed by atoms with Crippen LogP contribution < -0.4 is 5.32 Å². The molecule has 1 atom stereocenters. The Morgan fingerprint density at radius 3 is 2.75 bits per heavy atom. The third-order valence-corrected chi connectivity index (χ3v) is 3.78. The molecule has 2 aromatic heterocycles. The number of aromatic nitrogens is 4. The fourth-order valence-electron chi connectivity index (χ4n) is 2.31. The number of hydrogen-bond donors (Lipinski definition) is 1. The number of aryl methyl sites for hydroxylation is 2. The number of benzene rings is 1. The highest BCUT2D eigenvalue weighted by Crippen LogP contribution is 2.10. The Morgan fingerprint density at radius 1 is 1.21 bits per heavy atom. The summed E-state index contributed by atoms with van der Waals surface area (Å²) in [5.41, 5.74) is 2.21. The van der Waals surface area contributed by atoms with E-state index in [1.54, 1.807) is 0 Å².